The molecule has 9 heteroatoms. The van der Waals surface area contributed by atoms with E-state index in [0.717, 1.165) is 11.6 Å². The Bertz CT molecular complexity index is 1020. The maximum atomic E-state index is 10.9. The number of nitro groups is 1. The van der Waals surface area contributed by atoms with Gasteiger partial charge in [0.2, 0.25) is 0 Å². The van der Waals surface area contributed by atoms with Crippen molar-refractivity contribution >= 4 is 23.5 Å². The van der Waals surface area contributed by atoms with Gasteiger partial charge in [-0.25, -0.2) is 9.97 Å². The number of benzene rings is 1. The van der Waals surface area contributed by atoms with Gasteiger partial charge in [-0.15, -0.1) is 0 Å². The van der Waals surface area contributed by atoms with E-state index in [1.807, 2.05) is 32.8 Å². The second kappa shape index (κ2) is 8.51. The van der Waals surface area contributed by atoms with Gasteiger partial charge in [0.15, 0.2) is 5.82 Å². The Kier molecular flexibility index (Phi) is 5.87. The number of anilines is 2. The molecule has 0 aliphatic heterocycles. The quantitative estimate of drug-likeness (QED) is 0.362. The fourth-order valence-corrected chi connectivity index (χ4v) is 2.51. The van der Waals surface area contributed by atoms with Crippen molar-refractivity contribution in [2.75, 3.05) is 24.4 Å². The molecule has 0 amide bonds. The third-order valence-electron chi connectivity index (χ3n) is 4.04. The van der Waals surface area contributed by atoms with Gasteiger partial charge in [0, 0.05) is 43.8 Å². The molecule has 0 aliphatic rings. The molecule has 29 heavy (non-hydrogen) atoms. The zero-order valence-corrected chi connectivity index (χ0v) is 16.7. The molecule has 3 rings (SSSR count). The molecule has 2 heterocycles. The van der Waals surface area contributed by atoms with Gasteiger partial charge in [0.25, 0.3) is 5.69 Å². The zero-order valence-electron chi connectivity index (χ0n) is 16.7. The molecule has 0 spiro atoms. The number of nitrogens with zero attached hydrogens (tertiary/aromatic N) is 5. The number of hydrazone groups is 1. The lowest BCUT2D eigenvalue weighted by molar-refractivity contribution is -0.384. The van der Waals surface area contributed by atoms with Crippen molar-refractivity contribution in [1.29, 1.82) is 0 Å². The van der Waals surface area contributed by atoms with Gasteiger partial charge in [-0.3, -0.25) is 15.5 Å². The van der Waals surface area contributed by atoms with Crippen LogP contribution in [0.4, 0.5) is 17.3 Å². The van der Waals surface area contributed by atoms with Gasteiger partial charge in [-0.05, 0) is 12.1 Å². The Morgan fingerprint density at radius 2 is 2.00 bits per heavy atom. The van der Waals surface area contributed by atoms with Crippen LogP contribution in [0.5, 0.6) is 0 Å². The number of rotatable bonds is 7. The van der Waals surface area contributed by atoms with E-state index in [9.17, 15) is 10.1 Å². The Balaban J connectivity index is 1.75. The van der Waals surface area contributed by atoms with Crippen molar-refractivity contribution in [3.05, 3.63) is 64.2 Å². The van der Waals surface area contributed by atoms with Crippen LogP contribution in [0.2, 0.25) is 0 Å². The van der Waals surface area contributed by atoms with E-state index in [4.69, 9.17) is 4.42 Å². The zero-order chi connectivity index (χ0) is 21.0. The highest BCUT2D eigenvalue weighted by atomic mass is 16.6. The van der Waals surface area contributed by atoms with Gasteiger partial charge in [-0.2, -0.15) is 5.10 Å². The number of aromatic nitrogens is 2. The van der Waals surface area contributed by atoms with E-state index in [-0.39, 0.29) is 11.6 Å². The van der Waals surface area contributed by atoms with E-state index in [1.54, 1.807) is 30.3 Å². The second-order valence-electron chi connectivity index (χ2n) is 6.90. The van der Waals surface area contributed by atoms with Gasteiger partial charge in [0.1, 0.15) is 23.2 Å². The third-order valence-corrected chi connectivity index (χ3v) is 4.04. The van der Waals surface area contributed by atoms with Crippen molar-refractivity contribution in [1.82, 2.24) is 9.97 Å². The average molecular weight is 394 g/mol. The fraction of sp³-hybridized carbons (Fsp3) is 0.250. The third kappa shape index (κ3) is 4.95. The van der Waals surface area contributed by atoms with Crippen LogP contribution < -0.4 is 10.3 Å². The summed E-state index contributed by atoms with van der Waals surface area (Å²) in [7, 11) is 3.83. The molecular weight excluding hydrogens is 372 g/mol. The second-order valence-corrected chi connectivity index (χ2v) is 6.90. The minimum Gasteiger partial charge on any atom is -0.455 e. The van der Waals surface area contributed by atoms with Crippen molar-refractivity contribution in [3.8, 4) is 11.3 Å². The van der Waals surface area contributed by atoms with Crippen LogP contribution in [0.1, 0.15) is 31.4 Å². The molecule has 150 valence electrons. The molecule has 0 saturated carbocycles. The fourth-order valence-electron chi connectivity index (χ4n) is 2.51. The summed E-state index contributed by atoms with van der Waals surface area (Å²) in [6.07, 6.45) is 1.52. The summed E-state index contributed by atoms with van der Waals surface area (Å²) in [4.78, 5) is 21.4. The minimum atomic E-state index is -0.437. The van der Waals surface area contributed by atoms with E-state index in [1.165, 1.54) is 18.3 Å². The summed E-state index contributed by atoms with van der Waals surface area (Å²) < 4.78 is 5.71. The lowest BCUT2D eigenvalue weighted by Crippen LogP contribution is -2.13. The Hall–Kier alpha value is -3.75. The molecule has 0 unspecified atom stereocenters. The number of nitro benzene ring substituents is 1. The Morgan fingerprint density at radius 3 is 2.69 bits per heavy atom. The standard InChI is InChI=1S/C20H22N6O3/c1-13(2)20-22-18(11-19(23-20)25(3)4)24-21-12-16-8-9-17(29-16)14-6-5-7-15(10-14)26(27)28/h5-13H,1-4H3,(H,22,23,24). The van der Waals surface area contributed by atoms with E-state index >= 15 is 0 Å². The molecule has 9 nitrogen and oxygen atoms in total. The predicted molar refractivity (Wildman–Crippen MR) is 112 cm³/mol. The lowest BCUT2D eigenvalue weighted by Gasteiger charge is -2.15. The summed E-state index contributed by atoms with van der Waals surface area (Å²) >= 11 is 0. The molecule has 0 saturated heterocycles. The van der Waals surface area contributed by atoms with Crippen LogP contribution in [-0.4, -0.2) is 35.2 Å². The first-order valence-corrected chi connectivity index (χ1v) is 9.03. The van der Waals surface area contributed by atoms with Crippen molar-refractivity contribution in [2.45, 2.75) is 19.8 Å². The highest BCUT2D eigenvalue weighted by Crippen LogP contribution is 2.25. The predicted octanol–water partition coefficient (Wildman–Crippen LogP) is 4.28. The molecule has 3 aromatic rings. The van der Waals surface area contributed by atoms with Gasteiger partial charge in [0.05, 0.1) is 11.1 Å². The Labute approximate surface area is 168 Å². The van der Waals surface area contributed by atoms with Crippen molar-refractivity contribution < 1.29 is 9.34 Å². The van der Waals surface area contributed by atoms with Crippen LogP contribution in [0.25, 0.3) is 11.3 Å². The first-order valence-electron chi connectivity index (χ1n) is 9.03. The highest BCUT2D eigenvalue weighted by molar-refractivity contribution is 5.78. The smallest absolute Gasteiger partial charge is 0.270 e. The summed E-state index contributed by atoms with van der Waals surface area (Å²) in [5, 5.41) is 15.1. The normalized spacial score (nSPS) is 11.2. The van der Waals surface area contributed by atoms with Gasteiger partial charge < -0.3 is 9.32 Å². The van der Waals surface area contributed by atoms with Gasteiger partial charge in [-0.1, -0.05) is 26.0 Å². The first-order chi connectivity index (χ1) is 13.8. The summed E-state index contributed by atoms with van der Waals surface area (Å²) in [5.74, 6) is 3.29. The molecule has 0 aliphatic carbocycles. The van der Waals surface area contributed by atoms with Crippen LogP contribution in [0.15, 0.2) is 52.0 Å². The molecule has 0 bridgehead atoms. The van der Waals surface area contributed by atoms with Crippen molar-refractivity contribution in [2.24, 2.45) is 5.10 Å². The number of non-ortho nitro benzene ring substituents is 1. The molecule has 1 aromatic carbocycles. The molecule has 2 aromatic heterocycles. The van der Waals surface area contributed by atoms with Gasteiger partial charge >= 0.3 is 0 Å². The largest absolute Gasteiger partial charge is 0.455 e. The summed E-state index contributed by atoms with van der Waals surface area (Å²) in [6.45, 7) is 4.06. The lowest BCUT2D eigenvalue weighted by atomic mass is 10.1. The maximum Gasteiger partial charge on any atom is 0.270 e. The van der Waals surface area contributed by atoms with E-state index in [2.05, 4.69) is 20.5 Å². The first kappa shape index (κ1) is 20.0. The van der Waals surface area contributed by atoms with E-state index < -0.39 is 4.92 Å². The van der Waals surface area contributed by atoms with Crippen molar-refractivity contribution in [3.63, 3.8) is 0 Å². The molecule has 0 fully saturated rings. The molecule has 0 radical (unpaired) electrons. The van der Waals surface area contributed by atoms with Crippen LogP contribution >= 0.6 is 0 Å². The summed E-state index contributed by atoms with van der Waals surface area (Å²) in [6, 6.07) is 11.6. The van der Waals surface area contributed by atoms with Crippen LogP contribution in [0, 0.1) is 10.1 Å². The van der Waals surface area contributed by atoms with Crippen LogP contribution in [0.3, 0.4) is 0 Å². The minimum absolute atomic E-state index is 0.0113. The number of hydrogen-bond acceptors (Lipinski definition) is 8. The SMILES string of the molecule is CC(C)c1nc(NN=Cc2ccc(-c3cccc([N+](=O)[O-])c3)o2)cc(N(C)C)n1. The molecular formula is C20H22N6O3. The maximum absolute atomic E-state index is 10.9. The monoisotopic (exact) mass is 394 g/mol. The molecule has 1 N–H and O–H groups in total. The van der Waals surface area contributed by atoms with Crippen LogP contribution in [-0.2, 0) is 0 Å². The Morgan fingerprint density at radius 1 is 1.21 bits per heavy atom. The molecule has 0 atom stereocenters. The number of furan rings is 1. The van der Waals surface area contributed by atoms with E-state index in [0.29, 0.717) is 22.9 Å². The summed E-state index contributed by atoms with van der Waals surface area (Å²) in [5.41, 5.74) is 3.54. The number of hydrogen-bond donors (Lipinski definition) is 1. The number of nitrogens with one attached hydrogen (secondary N) is 1. The average Bonchev–Trinajstić information content (AvgIpc) is 3.16. The topological polar surface area (TPSA) is 110 Å². The highest BCUT2D eigenvalue weighted by Gasteiger charge is 2.11.